The molecule has 2 atom stereocenters. The van der Waals surface area contributed by atoms with E-state index in [1.54, 1.807) is 0 Å². The highest BCUT2D eigenvalue weighted by atomic mass is 32.1. The van der Waals surface area contributed by atoms with Gasteiger partial charge in [0.25, 0.3) is 0 Å². The lowest BCUT2D eigenvalue weighted by molar-refractivity contribution is 0.257. The highest BCUT2D eigenvalue weighted by Crippen LogP contribution is 2.36. The van der Waals surface area contributed by atoms with E-state index in [0.717, 1.165) is 4.77 Å². The summed E-state index contributed by atoms with van der Waals surface area (Å²) in [7, 11) is 0. The molecule has 1 aromatic heterocycles. The molecule has 3 heteroatoms. The molecule has 1 fully saturated rings. The highest BCUT2D eigenvalue weighted by molar-refractivity contribution is 7.71. The fraction of sp³-hybridized carbons (Fsp3) is 0.438. The van der Waals surface area contributed by atoms with E-state index < -0.39 is 0 Å². The predicted octanol–water partition coefficient (Wildman–Crippen LogP) is 4.96. The molecule has 1 aromatic carbocycles. The molecule has 2 aromatic rings. The van der Waals surface area contributed by atoms with E-state index in [-0.39, 0.29) is 0 Å². The van der Waals surface area contributed by atoms with E-state index in [9.17, 15) is 0 Å². The highest BCUT2D eigenvalue weighted by Gasteiger charge is 2.25. The standard InChI is InChI=1S/C16H20N2S/c1-12-7-5-6-10-14(12)18-15(11-17-16(18)19)13-8-3-2-4-9-13/h2-4,8-9,11-12,14H,5-7,10H2,1H3,(H,17,19). The largest absolute Gasteiger partial charge is 0.337 e. The van der Waals surface area contributed by atoms with Crippen molar-refractivity contribution in [2.75, 3.05) is 0 Å². The van der Waals surface area contributed by atoms with Gasteiger partial charge >= 0.3 is 0 Å². The summed E-state index contributed by atoms with van der Waals surface area (Å²) in [4.78, 5) is 3.23. The van der Waals surface area contributed by atoms with Crippen LogP contribution in [0.1, 0.15) is 38.6 Å². The Morgan fingerprint density at radius 2 is 1.89 bits per heavy atom. The van der Waals surface area contributed by atoms with Gasteiger partial charge in [-0.25, -0.2) is 0 Å². The first-order chi connectivity index (χ1) is 9.27. The van der Waals surface area contributed by atoms with Crippen molar-refractivity contribution in [3.63, 3.8) is 0 Å². The van der Waals surface area contributed by atoms with Crippen molar-refractivity contribution in [3.8, 4) is 11.3 Å². The van der Waals surface area contributed by atoms with Crippen LogP contribution >= 0.6 is 12.2 Å². The molecular formula is C16H20N2S. The summed E-state index contributed by atoms with van der Waals surface area (Å²) >= 11 is 5.51. The SMILES string of the molecule is CC1CCCCC1n1c(-c2ccccc2)c[nH]c1=S. The van der Waals surface area contributed by atoms with Crippen LogP contribution in [-0.2, 0) is 0 Å². The second-order valence-corrected chi connectivity index (χ2v) is 5.93. The normalized spacial score (nSPS) is 23.4. The lowest BCUT2D eigenvalue weighted by Gasteiger charge is -2.31. The minimum atomic E-state index is 0.544. The Kier molecular flexibility index (Phi) is 3.56. The van der Waals surface area contributed by atoms with Gasteiger partial charge in [0, 0.05) is 12.2 Å². The Labute approximate surface area is 119 Å². The molecule has 0 spiro atoms. The molecule has 0 radical (unpaired) electrons. The van der Waals surface area contributed by atoms with Crippen molar-refractivity contribution in [2.24, 2.45) is 5.92 Å². The van der Waals surface area contributed by atoms with Crippen LogP contribution in [0.4, 0.5) is 0 Å². The summed E-state index contributed by atoms with van der Waals surface area (Å²) < 4.78 is 3.20. The van der Waals surface area contributed by atoms with Crippen LogP contribution < -0.4 is 0 Å². The van der Waals surface area contributed by atoms with Gasteiger partial charge < -0.3 is 9.55 Å². The Morgan fingerprint density at radius 1 is 1.16 bits per heavy atom. The third-order valence-electron chi connectivity index (χ3n) is 4.28. The second-order valence-electron chi connectivity index (χ2n) is 5.54. The molecule has 1 N–H and O–H groups in total. The first kappa shape index (κ1) is 12.7. The molecular weight excluding hydrogens is 252 g/mol. The summed E-state index contributed by atoms with van der Waals surface area (Å²) in [5.41, 5.74) is 2.47. The van der Waals surface area contributed by atoms with E-state index in [2.05, 4.69) is 53.0 Å². The Morgan fingerprint density at radius 3 is 2.63 bits per heavy atom. The maximum Gasteiger partial charge on any atom is 0.177 e. The van der Waals surface area contributed by atoms with Gasteiger partial charge in [0.05, 0.1) is 5.69 Å². The van der Waals surface area contributed by atoms with Crippen LogP contribution in [0.15, 0.2) is 36.5 Å². The van der Waals surface area contributed by atoms with Crippen LogP contribution in [0.5, 0.6) is 0 Å². The number of hydrogen-bond donors (Lipinski definition) is 1. The molecule has 1 aliphatic rings. The van der Waals surface area contributed by atoms with Gasteiger partial charge in [-0.1, -0.05) is 50.1 Å². The number of nitrogens with zero attached hydrogens (tertiary/aromatic N) is 1. The lowest BCUT2D eigenvalue weighted by atomic mass is 9.85. The number of hydrogen-bond acceptors (Lipinski definition) is 1. The minimum Gasteiger partial charge on any atom is -0.337 e. The number of rotatable bonds is 2. The fourth-order valence-electron chi connectivity index (χ4n) is 3.22. The van der Waals surface area contributed by atoms with Crippen molar-refractivity contribution in [2.45, 2.75) is 38.6 Å². The van der Waals surface area contributed by atoms with Crippen LogP contribution in [0.2, 0.25) is 0 Å². The summed E-state index contributed by atoms with van der Waals surface area (Å²) in [5.74, 6) is 0.707. The van der Waals surface area contributed by atoms with Crippen molar-refractivity contribution in [1.82, 2.24) is 9.55 Å². The second kappa shape index (κ2) is 5.33. The maximum atomic E-state index is 5.51. The monoisotopic (exact) mass is 272 g/mol. The van der Waals surface area contributed by atoms with Gasteiger partial charge in [0.2, 0.25) is 0 Å². The van der Waals surface area contributed by atoms with E-state index in [1.807, 2.05) is 0 Å². The number of H-pyrrole nitrogens is 1. The van der Waals surface area contributed by atoms with Gasteiger partial charge in [-0.05, 0) is 36.5 Å². The van der Waals surface area contributed by atoms with Gasteiger partial charge in [0.1, 0.15) is 0 Å². The van der Waals surface area contributed by atoms with E-state index in [4.69, 9.17) is 12.2 Å². The lowest BCUT2D eigenvalue weighted by Crippen LogP contribution is -2.21. The van der Waals surface area contributed by atoms with Crippen LogP contribution in [0, 0.1) is 10.7 Å². The zero-order valence-corrected chi connectivity index (χ0v) is 12.1. The van der Waals surface area contributed by atoms with Crippen LogP contribution in [0.3, 0.4) is 0 Å². The molecule has 19 heavy (non-hydrogen) atoms. The quantitative estimate of drug-likeness (QED) is 0.766. The van der Waals surface area contributed by atoms with Crippen LogP contribution in [0.25, 0.3) is 11.3 Å². The molecule has 0 bridgehead atoms. The molecule has 3 rings (SSSR count). The van der Waals surface area contributed by atoms with Crippen molar-refractivity contribution in [3.05, 3.63) is 41.3 Å². The molecule has 2 unspecified atom stereocenters. The molecule has 0 saturated heterocycles. The zero-order chi connectivity index (χ0) is 13.2. The van der Waals surface area contributed by atoms with Gasteiger partial charge in [-0.2, -0.15) is 0 Å². The minimum absolute atomic E-state index is 0.544. The molecule has 100 valence electrons. The van der Waals surface area contributed by atoms with E-state index in [0.29, 0.717) is 12.0 Å². The van der Waals surface area contributed by atoms with Crippen molar-refractivity contribution in [1.29, 1.82) is 0 Å². The smallest absolute Gasteiger partial charge is 0.177 e. The summed E-state index contributed by atoms with van der Waals surface area (Å²) in [5, 5.41) is 0. The molecule has 0 aliphatic heterocycles. The molecule has 2 nitrogen and oxygen atoms in total. The zero-order valence-electron chi connectivity index (χ0n) is 11.3. The number of aromatic amines is 1. The van der Waals surface area contributed by atoms with Gasteiger partial charge in [-0.3, -0.25) is 0 Å². The van der Waals surface area contributed by atoms with Crippen LogP contribution in [-0.4, -0.2) is 9.55 Å². The van der Waals surface area contributed by atoms with E-state index in [1.165, 1.54) is 36.9 Å². The average Bonchev–Trinajstić information content (AvgIpc) is 2.82. The third-order valence-corrected chi connectivity index (χ3v) is 4.59. The molecule has 0 amide bonds. The first-order valence-corrected chi connectivity index (χ1v) is 7.53. The maximum absolute atomic E-state index is 5.51. The Balaban J connectivity index is 2.06. The number of benzene rings is 1. The number of aromatic nitrogens is 2. The first-order valence-electron chi connectivity index (χ1n) is 7.12. The van der Waals surface area contributed by atoms with E-state index >= 15 is 0 Å². The van der Waals surface area contributed by atoms with Crippen molar-refractivity contribution >= 4 is 12.2 Å². The Bertz CT molecular complexity index is 597. The molecule has 1 saturated carbocycles. The summed E-state index contributed by atoms with van der Waals surface area (Å²) in [6.45, 7) is 2.35. The summed E-state index contributed by atoms with van der Waals surface area (Å²) in [6, 6.07) is 11.1. The van der Waals surface area contributed by atoms with Gasteiger partial charge in [0.15, 0.2) is 4.77 Å². The Hall–Kier alpha value is -1.35. The average molecular weight is 272 g/mol. The number of nitrogens with one attached hydrogen (secondary N) is 1. The fourth-order valence-corrected chi connectivity index (χ4v) is 3.51. The molecule has 1 heterocycles. The van der Waals surface area contributed by atoms with Gasteiger partial charge in [-0.15, -0.1) is 0 Å². The predicted molar refractivity (Wildman–Crippen MR) is 81.7 cm³/mol. The van der Waals surface area contributed by atoms with Crippen molar-refractivity contribution < 1.29 is 0 Å². The molecule has 1 aliphatic carbocycles. The third kappa shape index (κ3) is 2.39. The number of imidazole rings is 1. The summed E-state index contributed by atoms with van der Waals surface area (Å²) in [6.07, 6.45) is 7.28. The topological polar surface area (TPSA) is 20.7 Å².